The van der Waals surface area contributed by atoms with Crippen LogP contribution in [0.2, 0.25) is 0 Å². The third kappa shape index (κ3) is 3.62. The topological polar surface area (TPSA) is 32.3 Å². The van der Waals surface area contributed by atoms with Gasteiger partial charge in [0, 0.05) is 24.7 Å². The number of aryl methyl sites for hydroxylation is 1. The van der Waals surface area contributed by atoms with E-state index in [0.717, 1.165) is 32.5 Å². The van der Waals surface area contributed by atoms with Gasteiger partial charge in [0.2, 0.25) is 0 Å². The van der Waals surface area contributed by atoms with Gasteiger partial charge in [-0.2, -0.15) is 0 Å². The highest BCUT2D eigenvalue weighted by molar-refractivity contribution is 5.95. The van der Waals surface area contributed by atoms with E-state index < -0.39 is 0 Å². The van der Waals surface area contributed by atoms with Gasteiger partial charge < -0.3 is 10.2 Å². The van der Waals surface area contributed by atoms with Crippen LogP contribution in [0.4, 0.5) is 4.39 Å². The minimum Gasteiger partial charge on any atom is -0.338 e. The number of benzene rings is 1. The standard InChI is InChI=1S/C17H25FN2O/c1-4-13-11-20(9-8-16(13)19-5-2)17(21)15-7-6-14(18)10-12(15)3/h6-7,10,13,16,19H,4-5,8-9,11H2,1-3H3. The zero-order valence-corrected chi connectivity index (χ0v) is 13.2. The molecule has 1 amide bonds. The van der Waals surface area contributed by atoms with E-state index in [2.05, 4.69) is 19.2 Å². The molecule has 0 bridgehead atoms. The van der Waals surface area contributed by atoms with Gasteiger partial charge in [-0.05, 0) is 49.6 Å². The Morgan fingerprint density at radius 3 is 2.81 bits per heavy atom. The second-order valence-electron chi connectivity index (χ2n) is 5.83. The first-order chi connectivity index (χ1) is 10.1. The first kappa shape index (κ1) is 16.0. The summed E-state index contributed by atoms with van der Waals surface area (Å²) < 4.78 is 13.2. The first-order valence-corrected chi connectivity index (χ1v) is 7.85. The summed E-state index contributed by atoms with van der Waals surface area (Å²) in [6.45, 7) is 8.59. The van der Waals surface area contributed by atoms with E-state index in [9.17, 15) is 9.18 Å². The van der Waals surface area contributed by atoms with Crippen LogP contribution in [0.3, 0.4) is 0 Å². The molecule has 0 spiro atoms. The van der Waals surface area contributed by atoms with Crippen molar-refractivity contribution < 1.29 is 9.18 Å². The third-order valence-electron chi connectivity index (χ3n) is 4.43. The molecule has 1 saturated heterocycles. The van der Waals surface area contributed by atoms with Gasteiger partial charge in [-0.1, -0.05) is 20.3 Å². The maximum atomic E-state index is 13.2. The molecule has 1 aromatic rings. The minimum atomic E-state index is -0.290. The van der Waals surface area contributed by atoms with Crippen LogP contribution in [-0.2, 0) is 0 Å². The second-order valence-corrected chi connectivity index (χ2v) is 5.83. The molecule has 1 heterocycles. The monoisotopic (exact) mass is 292 g/mol. The maximum Gasteiger partial charge on any atom is 0.254 e. The van der Waals surface area contributed by atoms with Crippen LogP contribution in [-0.4, -0.2) is 36.5 Å². The van der Waals surface area contributed by atoms with Gasteiger partial charge in [-0.3, -0.25) is 4.79 Å². The molecular formula is C17H25FN2O. The van der Waals surface area contributed by atoms with Crippen molar-refractivity contribution in [2.24, 2.45) is 5.92 Å². The lowest BCUT2D eigenvalue weighted by atomic mass is 9.89. The smallest absolute Gasteiger partial charge is 0.254 e. The van der Waals surface area contributed by atoms with Crippen molar-refractivity contribution in [3.8, 4) is 0 Å². The molecule has 3 nitrogen and oxygen atoms in total. The normalized spacial score (nSPS) is 22.4. The lowest BCUT2D eigenvalue weighted by Crippen LogP contribution is -2.51. The fraction of sp³-hybridized carbons (Fsp3) is 0.588. The second kappa shape index (κ2) is 7.03. The van der Waals surface area contributed by atoms with Gasteiger partial charge in [0.25, 0.3) is 5.91 Å². The number of carbonyl (C=O) groups excluding carboxylic acids is 1. The summed E-state index contributed by atoms with van der Waals surface area (Å²) in [7, 11) is 0. The molecule has 0 aromatic heterocycles. The largest absolute Gasteiger partial charge is 0.338 e. The number of rotatable bonds is 4. The molecule has 2 rings (SSSR count). The molecule has 21 heavy (non-hydrogen) atoms. The number of hydrogen-bond donors (Lipinski definition) is 1. The highest BCUT2D eigenvalue weighted by Gasteiger charge is 2.30. The molecule has 1 aromatic carbocycles. The number of amides is 1. The summed E-state index contributed by atoms with van der Waals surface area (Å²) in [5, 5.41) is 3.52. The van der Waals surface area contributed by atoms with Crippen LogP contribution >= 0.6 is 0 Å². The van der Waals surface area contributed by atoms with Crippen LogP contribution in [0.25, 0.3) is 0 Å². The molecular weight excluding hydrogens is 267 g/mol. The van der Waals surface area contributed by atoms with Crippen molar-refractivity contribution in [1.82, 2.24) is 10.2 Å². The minimum absolute atomic E-state index is 0.0286. The van der Waals surface area contributed by atoms with Crippen molar-refractivity contribution in [2.75, 3.05) is 19.6 Å². The molecule has 4 heteroatoms. The first-order valence-electron chi connectivity index (χ1n) is 7.85. The van der Waals surface area contributed by atoms with Gasteiger partial charge in [0.05, 0.1) is 0 Å². The summed E-state index contributed by atoms with van der Waals surface area (Å²) in [5.41, 5.74) is 1.33. The van der Waals surface area contributed by atoms with E-state index >= 15 is 0 Å². The van der Waals surface area contributed by atoms with E-state index in [4.69, 9.17) is 0 Å². The number of halogens is 1. The van der Waals surface area contributed by atoms with Crippen molar-refractivity contribution >= 4 is 5.91 Å². The number of nitrogens with one attached hydrogen (secondary N) is 1. The Bertz CT molecular complexity index is 504. The Balaban J connectivity index is 2.10. The van der Waals surface area contributed by atoms with Gasteiger partial charge >= 0.3 is 0 Å². The van der Waals surface area contributed by atoms with E-state index in [1.54, 1.807) is 13.0 Å². The van der Waals surface area contributed by atoms with Crippen molar-refractivity contribution in [3.05, 3.63) is 35.1 Å². The van der Waals surface area contributed by atoms with Crippen LogP contribution in [0.15, 0.2) is 18.2 Å². The number of likely N-dealkylation sites (tertiary alicyclic amines) is 1. The summed E-state index contributed by atoms with van der Waals surface area (Å²) in [6, 6.07) is 4.89. The number of carbonyl (C=O) groups is 1. The Hall–Kier alpha value is -1.42. The van der Waals surface area contributed by atoms with Gasteiger partial charge in [-0.15, -0.1) is 0 Å². The zero-order chi connectivity index (χ0) is 15.4. The summed E-state index contributed by atoms with van der Waals surface area (Å²) >= 11 is 0. The molecule has 2 unspecified atom stereocenters. The molecule has 1 aliphatic rings. The van der Waals surface area contributed by atoms with Crippen molar-refractivity contribution in [2.45, 2.75) is 39.7 Å². The van der Waals surface area contributed by atoms with E-state index in [0.29, 0.717) is 23.1 Å². The van der Waals surface area contributed by atoms with Crippen LogP contribution in [0.5, 0.6) is 0 Å². The fourth-order valence-corrected chi connectivity index (χ4v) is 3.20. The van der Waals surface area contributed by atoms with E-state index in [-0.39, 0.29) is 11.7 Å². The molecule has 1 aliphatic heterocycles. The van der Waals surface area contributed by atoms with Crippen LogP contribution in [0.1, 0.15) is 42.6 Å². The molecule has 116 valence electrons. The summed E-state index contributed by atoms with van der Waals surface area (Å²) in [5.74, 6) is 0.227. The molecule has 1 N–H and O–H groups in total. The van der Waals surface area contributed by atoms with Gasteiger partial charge in [-0.25, -0.2) is 4.39 Å². The SMILES string of the molecule is CCNC1CCN(C(=O)c2ccc(F)cc2C)CC1CC. The van der Waals surface area contributed by atoms with Crippen molar-refractivity contribution in [3.63, 3.8) is 0 Å². The van der Waals surface area contributed by atoms with Crippen LogP contribution in [0, 0.1) is 18.7 Å². The van der Waals surface area contributed by atoms with Crippen molar-refractivity contribution in [1.29, 1.82) is 0 Å². The highest BCUT2D eigenvalue weighted by Crippen LogP contribution is 2.23. The van der Waals surface area contributed by atoms with Gasteiger partial charge in [0.15, 0.2) is 0 Å². The predicted octanol–water partition coefficient (Wildman–Crippen LogP) is 2.98. The Morgan fingerprint density at radius 1 is 1.43 bits per heavy atom. The highest BCUT2D eigenvalue weighted by atomic mass is 19.1. The summed E-state index contributed by atoms with van der Waals surface area (Å²) in [6.07, 6.45) is 2.04. The zero-order valence-electron chi connectivity index (χ0n) is 13.2. The lowest BCUT2D eigenvalue weighted by Gasteiger charge is -2.39. The number of piperidine rings is 1. The van der Waals surface area contributed by atoms with Gasteiger partial charge in [0.1, 0.15) is 5.82 Å². The van der Waals surface area contributed by atoms with E-state index in [1.165, 1.54) is 12.1 Å². The summed E-state index contributed by atoms with van der Waals surface area (Å²) in [4.78, 5) is 14.6. The maximum absolute atomic E-state index is 13.2. The number of nitrogens with zero attached hydrogens (tertiary/aromatic N) is 1. The average molecular weight is 292 g/mol. The lowest BCUT2D eigenvalue weighted by molar-refractivity contribution is 0.0627. The average Bonchev–Trinajstić information content (AvgIpc) is 2.47. The Labute approximate surface area is 126 Å². The van der Waals surface area contributed by atoms with Crippen LogP contribution < -0.4 is 5.32 Å². The quantitative estimate of drug-likeness (QED) is 0.925. The Morgan fingerprint density at radius 2 is 2.19 bits per heavy atom. The molecule has 2 atom stereocenters. The molecule has 0 aliphatic carbocycles. The Kier molecular flexibility index (Phi) is 5.34. The molecule has 1 fully saturated rings. The predicted molar refractivity (Wildman–Crippen MR) is 82.9 cm³/mol. The number of hydrogen-bond acceptors (Lipinski definition) is 2. The fourth-order valence-electron chi connectivity index (χ4n) is 3.20. The molecule has 0 radical (unpaired) electrons. The third-order valence-corrected chi connectivity index (χ3v) is 4.43. The molecule has 0 saturated carbocycles. The van der Waals surface area contributed by atoms with E-state index in [1.807, 2.05) is 4.90 Å².